The van der Waals surface area contributed by atoms with Crippen LogP contribution in [0.1, 0.15) is 23.7 Å². The van der Waals surface area contributed by atoms with Gasteiger partial charge in [-0.2, -0.15) is 5.10 Å². The Hall–Kier alpha value is -3.07. The Labute approximate surface area is 152 Å². The number of aromatic hydroxyl groups is 1. The number of hydrogen-bond acceptors (Lipinski definition) is 6. The number of halogens is 1. The molecule has 1 amide bonds. The van der Waals surface area contributed by atoms with Crippen LogP contribution in [0, 0.1) is 6.92 Å². The predicted octanol–water partition coefficient (Wildman–Crippen LogP) is 0.822. The lowest BCUT2D eigenvalue weighted by Gasteiger charge is -2.08. The molecular weight excluding hydrogens is 364 g/mol. The van der Waals surface area contributed by atoms with E-state index in [1.165, 1.54) is 25.3 Å². The fourth-order valence-corrected chi connectivity index (χ4v) is 2.37. The lowest BCUT2D eigenvalue weighted by molar-refractivity contribution is -0.120. The van der Waals surface area contributed by atoms with Crippen LogP contribution in [-0.4, -0.2) is 33.8 Å². The third kappa shape index (κ3) is 4.73. The number of ether oxygens (including phenoxy) is 1. The predicted molar refractivity (Wildman–Crippen MR) is 96.1 cm³/mol. The van der Waals surface area contributed by atoms with Crippen molar-refractivity contribution in [2.45, 2.75) is 20.3 Å². The van der Waals surface area contributed by atoms with Crippen LogP contribution in [0.2, 0.25) is 5.02 Å². The normalized spacial score (nSPS) is 10.9. The lowest BCUT2D eigenvalue weighted by Crippen LogP contribution is -2.30. The smallest absolute Gasteiger partial charge is 0.325 e. The number of phenolic OH excluding ortho intramolecular Hbond substituents is 1. The molecule has 0 saturated carbocycles. The molecule has 4 N–H and O–H groups in total. The van der Waals surface area contributed by atoms with Crippen LogP contribution in [0.3, 0.4) is 0 Å². The van der Waals surface area contributed by atoms with Crippen molar-refractivity contribution in [1.29, 1.82) is 0 Å². The maximum absolute atomic E-state index is 11.9. The quantitative estimate of drug-likeness (QED) is 0.434. The van der Waals surface area contributed by atoms with Crippen molar-refractivity contribution in [1.82, 2.24) is 15.4 Å². The molecule has 0 atom stereocenters. The van der Waals surface area contributed by atoms with Gasteiger partial charge in [0.2, 0.25) is 5.91 Å². The van der Waals surface area contributed by atoms with E-state index in [1.54, 1.807) is 6.92 Å². The molecule has 0 radical (unpaired) electrons. The highest BCUT2D eigenvalue weighted by Gasteiger charge is 2.11. The maximum Gasteiger partial charge on any atom is 0.325 e. The number of aromatic amines is 2. The fourth-order valence-electron chi connectivity index (χ4n) is 2.15. The number of amides is 1. The van der Waals surface area contributed by atoms with Gasteiger partial charge >= 0.3 is 5.69 Å². The number of carbonyl (C=O) groups is 1. The molecule has 0 aliphatic carbocycles. The van der Waals surface area contributed by atoms with Gasteiger partial charge in [-0.05, 0) is 31.5 Å². The Balaban J connectivity index is 2.08. The maximum atomic E-state index is 11.9. The third-order valence-electron chi connectivity index (χ3n) is 3.35. The minimum atomic E-state index is -0.635. The van der Waals surface area contributed by atoms with Crippen LogP contribution in [0.4, 0.5) is 0 Å². The van der Waals surface area contributed by atoms with Gasteiger partial charge in [0.15, 0.2) is 11.5 Å². The Bertz CT molecular complexity index is 964. The second-order valence-electron chi connectivity index (χ2n) is 5.26. The van der Waals surface area contributed by atoms with Gasteiger partial charge in [-0.25, -0.2) is 10.2 Å². The highest BCUT2D eigenvalue weighted by Crippen LogP contribution is 2.34. The zero-order valence-corrected chi connectivity index (χ0v) is 14.8. The van der Waals surface area contributed by atoms with Gasteiger partial charge in [-0.1, -0.05) is 11.6 Å². The van der Waals surface area contributed by atoms with Crippen molar-refractivity contribution in [3.05, 3.63) is 54.8 Å². The highest BCUT2D eigenvalue weighted by molar-refractivity contribution is 6.32. The van der Waals surface area contributed by atoms with E-state index >= 15 is 0 Å². The molecule has 1 heterocycles. The zero-order chi connectivity index (χ0) is 19.3. The van der Waals surface area contributed by atoms with Crippen LogP contribution in [-0.2, 0) is 11.2 Å². The number of nitrogens with one attached hydrogen (secondary N) is 3. The lowest BCUT2D eigenvalue weighted by atomic mass is 10.1. The minimum Gasteiger partial charge on any atom is -0.503 e. The molecule has 0 unspecified atom stereocenters. The molecule has 2 rings (SSSR count). The number of phenols is 1. The number of aryl methyl sites for hydroxylation is 1. The van der Waals surface area contributed by atoms with Crippen molar-refractivity contribution in [2.24, 2.45) is 5.10 Å². The largest absolute Gasteiger partial charge is 0.503 e. The first-order chi connectivity index (χ1) is 12.3. The van der Waals surface area contributed by atoms with Crippen LogP contribution in [0.25, 0.3) is 0 Å². The first-order valence-electron chi connectivity index (χ1n) is 7.61. The highest BCUT2D eigenvalue weighted by atomic mass is 35.5. The Morgan fingerprint density at radius 2 is 2.12 bits per heavy atom. The molecule has 10 heteroatoms. The molecule has 26 heavy (non-hydrogen) atoms. The number of carbonyl (C=O) groups excluding carboxylic acids is 1. The summed E-state index contributed by atoms with van der Waals surface area (Å²) in [5.74, 6) is -0.526. The fraction of sp³-hybridized carbons (Fsp3) is 0.250. The molecule has 0 aliphatic rings. The SMILES string of the molecule is CCOc1cc(/C=N\NC(=O)Cc2c(C)[nH]c(=O)[nH]c2=O)cc(Cl)c1O. The van der Waals surface area contributed by atoms with E-state index in [4.69, 9.17) is 16.3 Å². The summed E-state index contributed by atoms with van der Waals surface area (Å²) in [6, 6.07) is 2.96. The van der Waals surface area contributed by atoms with Crippen LogP contribution >= 0.6 is 11.6 Å². The van der Waals surface area contributed by atoms with Crippen LogP contribution in [0.15, 0.2) is 26.8 Å². The molecule has 0 aliphatic heterocycles. The van der Waals surface area contributed by atoms with E-state index in [9.17, 15) is 19.5 Å². The number of hydrazone groups is 1. The first kappa shape index (κ1) is 19.3. The van der Waals surface area contributed by atoms with E-state index in [0.29, 0.717) is 17.9 Å². The monoisotopic (exact) mass is 380 g/mol. The second-order valence-corrected chi connectivity index (χ2v) is 5.67. The van der Waals surface area contributed by atoms with Crippen LogP contribution < -0.4 is 21.4 Å². The van der Waals surface area contributed by atoms with Gasteiger partial charge in [-0.3, -0.25) is 14.6 Å². The molecule has 138 valence electrons. The van der Waals surface area contributed by atoms with E-state index in [0.717, 1.165) is 0 Å². The minimum absolute atomic E-state index is 0.0825. The van der Waals surface area contributed by atoms with E-state index in [-0.39, 0.29) is 28.5 Å². The van der Waals surface area contributed by atoms with Crippen LogP contribution in [0.5, 0.6) is 11.5 Å². The standard InChI is InChI=1S/C16H17ClN4O5/c1-3-26-12-5-9(4-11(17)14(12)23)7-18-21-13(22)6-10-8(2)19-16(25)20-15(10)24/h4-5,7,23H,3,6H2,1-2H3,(H,21,22)(H2,19,20,24,25)/b18-7-. The molecule has 9 nitrogen and oxygen atoms in total. The molecule has 1 aromatic carbocycles. The Morgan fingerprint density at radius 1 is 1.38 bits per heavy atom. The molecule has 0 fully saturated rings. The summed E-state index contributed by atoms with van der Waals surface area (Å²) in [5.41, 5.74) is 1.96. The Kier molecular flexibility index (Phi) is 6.18. The van der Waals surface area contributed by atoms with Gasteiger partial charge in [0.25, 0.3) is 5.56 Å². The average molecular weight is 381 g/mol. The van der Waals surface area contributed by atoms with Gasteiger partial charge in [0.05, 0.1) is 24.3 Å². The molecule has 0 spiro atoms. The summed E-state index contributed by atoms with van der Waals surface area (Å²) in [4.78, 5) is 39.2. The van der Waals surface area contributed by atoms with Gasteiger partial charge in [0.1, 0.15) is 0 Å². The van der Waals surface area contributed by atoms with Crippen molar-refractivity contribution in [2.75, 3.05) is 6.61 Å². The number of nitrogens with zero attached hydrogens (tertiary/aromatic N) is 1. The second kappa shape index (κ2) is 8.34. The number of benzene rings is 1. The molecule has 2 aromatic rings. The van der Waals surface area contributed by atoms with E-state index < -0.39 is 17.2 Å². The summed E-state index contributed by atoms with van der Waals surface area (Å²) < 4.78 is 5.25. The van der Waals surface area contributed by atoms with Crippen molar-refractivity contribution in [3.8, 4) is 11.5 Å². The molecule has 1 aromatic heterocycles. The van der Waals surface area contributed by atoms with E-state index in [2.05, 4.69) is 20.5 Å². The zero-order valence-electron chi connectivity index (χ0n) is 14.1. The number of aromatic nitrogens is 2. The van der Waals surface area contributed by atoms with Crippen molar-refractivity contribution in [3.63, 3.8) is 0 Å². The Morgan fingerprint density at radius 3 is 2.77 bits per heavy atom. The molecule has 0 saturated heterocycles. The number of hydrogen-bond donors (Lipinski definition) is 4. The summed E-state index contributed by atoms with van der Waals surface area (Å²) in [6.45, 7) is 3.62. The van der Waals surface area contributed by atoms with Crippen molar-refractivity contribution >= 4 is 23.7 Å². The summed E-state index contributed by atoms with van der Waals surface area (Å²) in [5, 5.41) is 13.6. The summed E-state index contributed by atoms with van der Waals surface area (Å²) in [7, 11) is 0. The molecule has 0 bridgehead atoms. The third-order valence-corrected chi connectivity index (χ3v) is 3.63. The van der Waals surface area contributed by atoms with Crippen molar-refractivity contribution < 1.29 is 14.6 Å². The van der Waals surface area contributed by atoms with Gasteiger partial charge in [0, 0.05) is 11.3 Å². The van der Waals surface area contributed by atoms with Gasteiger partial charge < -0.3 is 14.8 Å². The first-order valence-corrected chi connectivity index (χ1v) is 7.99. The van der Waals surface area contributed by atoms with E-state index in [1.807, 2.05) is 0 Å². The number of H-pyrrole nitrogens is 2. The van der Waals surface area contributed by atoms with Gasteiger partial charge in [-0.15, -0.1) is 0 Å². The average Bonchev–Trinajstić information content (AvgIpc) is 2.55. The topological polar surface area (TPSA) is 137 Å². The summed E-state index contributed by atoms with van der Waals surface area (Å²) in [6.07, 6.45) is 1.06. The summed E-state index contributed by atoms with van der Waals surface area (Å²) >= 11 is 5.90. The molecular formula is C16H17ClN4O5. The number of rotatable bonds is 6.